The average molecular weight is 414 g/mol. The lowest BCUT2D eigenvalue weighted by Gasteiger charge is -2.33. The number of likely N-dealkylation sites (tertiary alicyclic amines) is 1. The molecule has 2 N–H and O–H groups in total. The maximum Gasteiger partial charge on any atom is 0.191 e. The minimum Gasteiger partial charge on any atom is -0.494 e. The van der Waals surface area contributed by atoms with Gasteiger partial charge in [0.25, 0.3) is 0 Å². The molecule has 2 heterocycles. The van der Waals surface area contributed by atoms with Crippen LogP contribution in [-0.4, -0.2) is 48.6 Å². The second-order valence-electron chi connectivity index (χ2n) is 7.63. The molecular formula is C23H32FN5O. The van der Waals surface area contributed by atoms with Crippen LogP contribution in [0.25, 0.3) is 0 Å². The first-order valence-corrected chi connectivity index (χ1v) is 10.6. The van der Waals surface area contributed by atoms with Crippen LogP contribution in [0.2, 0.25) is 0 Å². The Bertz CT molecular complexity index is 849. The van der Waals surface area contributed by atoms with Crippen LogP contribution in [-0.2, 0) is 13.1 Å². The zero-order valence-electron chi connectivity index (χ0n) is 18.1. The first-order chi connectivity index (χ1) is 14.6. The maximum atomic E-state index is 13.9. The fraction of sp³-hybridized carbons (Fsp3) is 0.478. The predicted octanol–water partition coefficient (Wildman–Crippen LogP) is 3.26. The van der Waals surface area contributed by atoms with Gasteiger partial charge in [-0.15, -0.1) is 0 Å². The Kier molecular flexibility index (Phi) is 8.02. The van der Waals surface area contributed by atoms with Gasteiger partial charge in [0.2, 0.25) is 0 Å². The molecule has 0 unspecified atom stereocenters. The molecule has 1 aliphatic rings. The number of hydrogen-bond donors (Lipinski definition) is 2. The molecule has 1 aliphatic heterocycles. The van der Waals surface area contributed by atoms with E-state index in [-0.39, 0.29) is 11.6 Å². The Balaban J connectivity index is 1.51. The highest BCUT2D eigenvalue weighted by molar-refractivity contribution is 5.80. The van der Waals surface area contributed by atoms with Crippen molar-refractivity contribution >= 4 is 5.96 Å². The van der Waals surface area contributed by atoms with Gasteiger partial charge in [0.15, 0.2) is 17.5 Å². The summed E-state index contributed by atoms with van der Waals surface area (Å²) in [4.78, 5) is 11.5. The van der Waals surface area contributed by atoms with Crippen LogP contribution in [0.4, 0.5) is 4.39 Å². The van der Waals surface area contributed by atoms with Crippen molar-refractivity contribution in [2.24, 2.45) is 4.99 Å². The topological polar surface area (TPSA) is 61.8 Å². The molecule has 0 radical (unpaired) electrons. The number of ether oxygens (including phenoxy) is 1. The predicted molar refractivity (Wildman–Crippen MR) is 118 cm³/mol. The summed E-state index contributed by atoms with van der Waals surface area (Å²) >= 11 is 0. The molecule has 0 spiro atoms. The monoisotopic (exact) mass is 413 g/mol. The lowest BCUT2D eigenvalue weighted by molar-refractivity contribution is 0.198. The Morgan fingerprint density at radius 2 is 2.10 bits per heavy atom. The van der Waals surface area contributed by atoms with Crippen LogP contribution in [0.3, 0.4) is 0 Å². The summed E-state index contributed by atoms with van der Waals surface area (Å²) in [5.74, 6) is 0.817. The minimum atomic E-state index is -0.304. The van der Waals surface area contributed by atoms with Crippen molar-refractivity contribution in [2.45, 2.75) is 45.8 Å². The molecule has 1 saturated heterocycles. The van der Waals surface area contributed by atoms with Crippen LogP contribution in [0, 0.1) is 12.7 Å². The van der Waals surface area contributed by atoms with E-state index in [4.69, 9.17) is 9.73 Å². The second kappa shape index (κ2) is 10.9. The molecule has 3 rings (SSSR count). The van der Waals surface area contributed by atoms with Gasteiger partial charge in [0, 0.05) is 38.4 Å². The Morgan fingerprint density at radius 1 is 1.30 bits per heavy atom. The van der Waals surface area contributed by atoms with Crippen molar-refractivity contribution in [1.29, 1.82) is 0 Å². The number of benzene rings is 1. The Morgan fingerprint density at radius 3 is 2.77 bits per heavy atom. The summed E-state index contributed by atoms with van der Waals surface area (Å²) in [5.41, 5.74) is 3.12. The second-order valence-corrected chi connectivity index (χ2v) is 7.63. The smallest absolute Gasteiger partial charge is 0.191 e. The normalized spacial score (nSPS) is 15.8. The van der Waals surface area contributed by atoms with Crippen LogP contribution < -0.4 is 15.4 Å². The number of hydrogen-bond acceptors (Lipinski definition) is 4. The van der Waals surface area contributed by atoms with E-state index in [0.29, 0.717) is 12.6 Å². The van der Waals surface area contributed by atoms with Gasteiger partial charge in [0.1, 0.15) is 0 Å². The van der Waals surface area contributed by atoms with E-state index >= 15 is 0 Å². The molecule has 162 valence electrons. The standard InChI is InChI=1S/C23H32FN5O/c1-4-25-23(27-15-21-17(2)6-5-11-26-21)28-19-9-12-29(13-10-19)16-18-7-8-22(30-3)20(24)14-18/h5-8,11,14,19H,4,9-10,12-13,15-16H2,1-3H3,(H2,25,27,28). The zero-order valence-corrected chi connectivity index (χ0v) is 18.1. The van der Waals surface area contributed by atoms with Gasteiger partial charge in [-0.3, -0.25) is 9.88 Å². The number of methoxy groups -OCH3 is 1. The molecule has 0 amide bonds. The number of nitrogens with zero attached hydrogens (tertiary/aromatic N) is 3. The zero-order chi connectivity index (χ0) is 21.3. The van der Waals surface area contributed by atoms with Crippen molar-refractivity contribution in [3.05, 3.63) is 59.2 Å². The molecule has 0 atom stereocenters. The number of aryl methyl sites for hydroxylation is 1. The van der Waals surface area contributed by atoms with Crippen molar-refractivity contribution in [3.8, 4) is 5.75 Å². The summed E-state index contributed by atoms with van der Waals surface area (Å²) in [5, 5.41) is 6.89. The lowest BCUT2D eigenvalue weighted by atomic mass is 10.0. The minimum absolute atomic E-state index is 0.290. The lowest BCUT2D eigenvalue weighted by Crippen LogP contribution is -2.48. The van der Waals surface area contributed by atoms with Gasteiger partial charge in [-0.05, 0) is 56.0 Å². The highest BCUT2D eigenvalue weighted by atomic mass is 19.1. The quantitative estimate of drug-likeness (QED) is 0.539. The molecule has 6 nitrogen and oxygen atoms in total. The Labute approximate surface area is 178 Å². The van der Waals surface area contributed by atoms with Gasteiger partial charge < -0.3 is 15.4 Å². The van der Waals surface area contributed by atoms with Gasteiger partial charge >= 0.3 is 0 Å². The van der Waals surface area contributed by atoms with Gasteiger partial charge in [-0.1, -0.05) is 12.1 Å². The number of rotatable bonds is 7. The van der Waals surface area contributed by atoms with E-state index in [2.05, 4.69) is 40.4 Å². The molecule has 1 aromatic heterocycles. The maximum absolute atomic E-state index is 13.9. The summed E-state index contributed by atoms with van der Waals surface area (Å²) in [6.45, 7) is 8.18. The number of piperidine rings is 1. The summed E-state index contributed by atoms with van der Waals surface area (Å²) in [6.07, 6.45) is 3.85. The van der Waals surface area contributed by atoms with E-state index in [1.165, 1.54) is 7.11 Å². The van der Waals surface area contributed by atoms with E-state index in [1.54, 1.807) is 12.1 Å². The average Bonchev–Trinajstić information content (AvgIpc) is 2.75. The number of nitrogens with one attached hydrogen (secondary N) is 2. The van der Waals surface area contributed by atoms with Crippen LogP contribution in [0.1, 0.15) is 36.6 Å². The van der Waals surface area contributed by atoms with Crippen LogP contribution in [0.5, 0.6) is 5.75 Å². The fourth-order valence-electron chi connectivity index (χ4n) is 3.65. The summed E-state index contributed by atoms with van der Waals surface area (Å²) in [6, 6.07) is 9.57. The van der Waals surface area contributed by atoms with E-state index in [9.17, 15) is 4.39 Å². The van der Waals surface area contributed by atoms with Gasteiger partial charge in [0.05, 0.1) is 19.3 Å². The summed E-state index contributed by atoms with van der Waals surface area (Å²) in [7, 11) is 1.48. The third kappa shape index (κ3) is 6.16. The van der Waals surface area contributed by atoms with E-state index in [1.807, 2.05) is 18.3 Å². The highest BCUT2D eigenvalue weighted by Crippen LogP contribution is 2.20. The summed E-state index contributed by atoms with van der Waals surface area (Å²) < 4.78 is 18.9. The molecule has 30 heavy (non-hydrogen) atoms. The van der Waals surface area contributed by atoms with Crippen molar-refractivity contribution < 1.29 is 9.13 Å². The Hall–Kier alpha value is -2.67. The molecule has 0 aliphatic carbocycles. The fourth-order valence-corrected chi connectivity index (χ4v) is 3.65. The number of pyridine rings is 1. The third-order valence-corrected chi connectivity index (χ3v) is 5.40. The number of halogens is 1. The van der Waals surface area contributed by atoms with Crippen molar-refractivity contribution in [2.75, 3.05) is 26.7 Å². The third-order valence-electron chi connectivity index (χ3n) is 5.40. The molecule has 0 bridgehead atoms. The molecular weight excluding hydrogens is 381 g/mol. The molecule has 1 fully saturated rings. The largest absolute Gasteiger partial charge is 0.494 e. The molecule has 7 heteroatoms. The number of guanidine groups is 1. The first kappa shape index (κ1) is 22.0. The van der Waals surface area contributed by atoms with Crippen LogP contribution in [0.15, 0.2) is 41.5 Å². The number of aromatic nitrogens is 1. The van der Waals surface area contributed by atoms with Crippen molar-refractivity contribution in [1.82, 2.24) is 20.5 Å². The SMILES string of the molecule is CCNC(=NCc1ncccc1C)NC1CCN(Cc2ccc(OC)c(F)c2)CC1. The van der Waals surface area contributed by atoms with Crippen LogP contribution >= 0.6 is 0 Å². The molecule has 1 aromatic carbocycles. The first-order valence-electron chi connectivity index (χ1n) is 10.6. The van der Waals surface area contributed by atoms with Gasteiger partial charge in [-0.25, -0.2) is 9.38 Å². The van der Waals surface area contributed by atoms with Gasteiger partial charge in [-0.2, -0.15) is 0 Å². The van der Waals surface area contributed by atoms with Crippen molar-refractivity contribution in [3.63, 3.8) is 0 Å². The molecule has 2 aromatic rings. The molecule has 0 saturated carbocycles. The number of aliphatic imine (C=N–C) groups is 1. The van der Waals surface area contributed by atoms with E-state index in [0.717, 1.165) is 61.8 Å². The van der Waals surface area contributed by atoms with E-state index < -0.39 is 0 Å². The highest BCUT2D eigenvalue weighted by Gasteiger charge is 2.20.